The highest BCUT2D eigenvalue weighted by atomic mass is 35.5. The third-order valence-corrected chi connectivity index (χ3v) is 5.40. The van der Waals surface area contributed by atoms with Crippen molar-refractivity contribution < 1.29 is 14.3 Å². The van der Waals surface area contributed by atoms with Gasteiger partial charge in [-0.3, -0.25) is 4.79 Å². The lowest BCUT2D eigenvalue weighted by Crippen LogP contribution is -2.06. The molecule has 0 saturated heterocycles. The van der Waals surface area contributed by atoms with Crippen molar-refractivity contribution in [1.29, 1.82) is 0 Å². The molecule has 31 heavy (non-hydrogen) atoms. The van der Waals surface area contributed by atoms with E-state index in [2.05, 4.69) is 10.6 Å². The molecule has 3 aromatic carbocycles. The van der Waals surface area contributed by atoms with Gasteiger partial charge in [0, 0.05) is 40.5 Å². The molecule has 0 spiro atoms. The zero-order valence-corrected chi connectivity index (χ0v) is 19.2. The molecule has 3 aromatic rings. The van der Waals surface area contributed by atoms with Crippen LogP contribution in [0.15, 0.2) is 54.6 Å². The van der Waals surface area contributed by atoms with Crippen molar-refractivity contribution in [1.82, 2.24) is 0 Å². The Labute approximate surface area is 196 Å². The smallest absolute Gasteiger partial charge is 0.221 e. The van der Waals surface area contributed by atoms with E-state index in [-0.39, 0.29) is 12.5 Å². The summed E-state index contributed by atoms with van der Waals surface area (Å²) in [5.41, 5.74) is 3.23. The fraction of sp³-hybridized carbons (Fsp3) is 0.174. The van der Waals surface area contributed by atoms with Crippen LogP contribution in [0, 0.1) is 0 Å². The predicted octanol–water partition coefficient (Wildman–Crippen LogP) is 6.80. The van der Waals surface area contributed by atoms with Crippen LogP contribution in [-0.2, 0) is 17.9 Å². The molecule has 0 atom stereocenters. The Morgan fingerprint density at radius 2 is 1.58 bits per heavy atom. The van der Waals surface area contributed by atoms with Crippen LogP contribution in [0.25, 0.3) is 0 Å². The minimum atomic E-state index is -0.110. The average molecular weight is 480 g/mol. The van der Waals surface area contributed by atoms with Gasteiger partial charge in [0.25, 0.3) is 0 Å². The third kappa shape index (κ3) is 6.20. The quantitative estimate of drug-likeness (QED) is 0.373. The maximum atomic E-state index is 11.1. The molecule has 0 saturated carbocycles. The van der Waals surface area contributed by atoms with Crippen molar-refractivity contribution in [2.75, 3.05) is 17.7 Å². The molecule has 0 bridgehead atoms. The molecule has 0 heterocycles. The first kappa shape index (κ1) is 23.1. The van der Waals surface area contributed by atoms with Gasteiger partial charge in [0.15, 0.2) is 11.5 Å². The van der Waals surface area contributed by atoms with Gasteiger partial charge in [0.05, 0.1) is 12.1 Å². The summed E-state index contributed by atoms with van der Waals surface area (Å²) in [4.78, 5) is 11.1. The average Bonchev–Trinajstić information content (AvgIpc) is 2.73. The van der Waals surface area contributed by atoms with Gasteiger partial charge in [0.1, 0.15) is 6.61 Å². The Kier molecular flexibility index (Phi) is 7.91. The van der Waals surface area contributed by atoms with Gasteiger partial charge in [-0.05, 0) is 54.1 Å². The largest absolute Gasteiger partial charge is 0.493 e. The van der Waals surface area contributed by atoms with E-state index >= 15 is 0 Å². The van der Waals surface area contributed by atoms with Crippen LogP contribution in [0.4, 0.5) is 11.4 Å². The molecule has 2 N–H and O–H groups in total. The van der Waals surface area contributed by atoms with Crippen molar-refractivity contribution in [2.24, 2.45) is 0 Å². The van der Waals surface area contributed by atoms with E-state index in [4.69, 9.17) is 44.3 Å². The number of hydrogen-bond acceptors (Lipinski definition) is 4. The van der Waals surface area contributed by atoms with E-state index in [9.17, 15) is 4.79 Å². The highest BCUT2D eigenvalue weighted by molar-refractivity contribution is 6.36. The summed E-state index contributed by atoms with van der Waals surface area (Å²) in [7, 11) is 1.55. The zero-order valence-electron chi connectivity index (χ0n) is 17.0. The molecular formula is C23H21Cl3N2O3. The van der Waals surface area contributed by atoms with Crippen LogP contribution >= 0.6 is 34.8 Å². The number of methoxy groups -OCH3 is 1. The van der Waals surface area contributed by atoms with Gasteiger partial charge < -0.3 is 20.1 Å². The van der Waals surface area contributed by atoms with Crippen molar-refractivity contribution >= 4 is 52.1 Å². The van der Waals surface area contributed by atoms with Crippen LogP contribution in [0.3, 0.4) is 0 Å². The highest BCUT2D eigenvalue weighted by Crippen LogP contribution is 2.38. The number of rotatable bonds is 8. The van der Waals surface area contributed by atoms with E-state index in [1.165, 1.54) is 6.92 Å². The molecule has 8 heteroatoms. The second-order valence-corrected chi connectivity index (χ2v) is 7.93. The number of carbonyl (C=O) groups excluding carboxylic acids is 1. The Morgan fingerprint density at radius 1 is 0.935 bits per heavy atom. The summed E-state index contributed by atoms with van der Waals surface area (Å²) >= 11 is 18.9. The van der Waals surface area contributed by atoms with Gasteiger partial charge in [0.2, 0.25) is 5.91 Å². The Morgan fingerprint density at radius 3 is 2.19 bits per heavy atom. The van der Waals surface area contributed by atoms with Crippen LogP contribution in [0.5, 0.6) is 11.5 Å². The van der Waals surface area contributed by atoms with Gasteiger partial charge in [-0.1, -0.05) is 40.9 Å². The van der Waals surface area contributed by atoms with Crippen LogP contribution in [0.2, 0.25) is 15.1 Å². The minimum Gasteiger partial charge on any atom is -0.493 e. The molecular weight excluding hydrogens is 459 g/mol. The van der Waals surface area contributed by atoms with Crippen LogP contribution in [0.1, 0.15) is 18.1 Å². The van der Waals surface area contributed by atoms with Crippen LogP contribution < -0.4 is 20.1 Å². The number of hydrogen-bond donors (Lipinski definition) is 2. The Balaban J connectivity index is 1.69. The lowest BCUT2D eigenvalue weighted by atomic mass is 10.2. The highest BCUT2D eigenvalue weighted by Gasteiger charge is 2.14. The SMILES string of the molecule is COc1cc(CNc2ccc(NC(C)=O)cc2)cc(Cl)c1OCc1c(Cl)cccc1Cl. The van der Waals surface area contributed by atoms with Crippen molar-refractivity contribution in [3.05, 3.63) is 80.8 Å². The lowest BCUT2D eigenvalue weighted by Gasteiger charge is -2.16. The molecule has 162 valence electrons. The number of nitrogens with one attached hydrogen (secondary N) is 2. The number of carbonyl (C=O) groups is 1. The van der Waals surface area contributed by atoms with E-state index in [0.29, 0.717) is 38.7 Å². The summed E-state index contributed by atoms with van der Waals surface area (Å²) in [6.45, 7) is 2.15. The Bertz CT molecular complexity index is 1050. The summed E-state index contributed by atoms with van der Waals surface area (Å²) < 4.78 is 11.4. The maximum absolute atomic E-state index is 11.1. The van der Waals surface area contributed by atoms with E-state index in [1.54, 1.807) is 25.3 Å². The molecule has 3 rings (SSSR count). The van der Waals surface area contributed by atoms with Crippen molar-refractivity contribution in [2.45, 2.75) is 20.1 Å². The first-order valence-corrected chi connectivity index (χ1v) is 10.5. The van der Waals surface area contributed by atoms with E-state index in [0.717, 1.165) is 16.9 Å². The van der Waals surface area contributed by atoms with Gasteiger partial charge >= 0.3 is 0 Å². The molecule has 1 amide bonds. The zero-order chi connectivity index (χ0) is 22.4. The topological polar surface area (TPSA) is 59.6 Å². The van der Waals surface area contributed by atoms with E-state index in [1.807, 2.05) is 36.4 Å². The summed E-state index contributed by atoms with van der Waals surface area (Å²) in [5.74, 6) is 0.818. The second-order valence-electron chi connectivity index (χ2n) is 6.71. The second kappa shape index (κ2) is 10.6. The monoisotopic (exact) mass is 478 g/mol. The number of ether oxygens (including phenoxy) is 2. The maximum Gasteiger partial charge on any atom is 0.221 e. The van der Waals surface area contributed by atoms with E-state index < -0.39 is 0 Å². The summed E-state index contributed by atoms with van der Waals surface area (Å²) in [5, 5.41) is 7.50. The molecule has 0 radical (unpaired) electrons. The first-order chi connectivity index (χ1) is 14.9. The molecule has 0 aliphatic heterocycles. The standard InChI is InChI=1S/C23H21Cl3N2O3/c1-14(29)28-17-8-6-16(7-9-17)27-12-15-10-21(26)23(22(11-15)30-2)31-13-18-19(24)4-3-5-20(18)25/h3-11,27H,12-13H2,1-2H3,(H,28,29). The molecule has 0 aliphatic carbocycles. The van der Waals surface area contributed by atoms with Gasteiger partial charge in [-0.15, -0.1) is 0 Å². The normalized spacial score (nSPS) is 10.5. The summed E-state index contributed by atoms with van der Waals surface area (Å²) in [6, 6.07) is 16.4. The number of halogens is 3. The Hall–Kier alpha value is -2.60. The lowest BCUT2D eigenvalue weighted by molar-refractivity contribution is -0.114. The molecule has 0 aromatic heterocycles. The first-order valence-electron chi connectivity index (χ1n) is 9.41. The molecule has 5 nitrogen and oxygen atoms in total. The number of amides is 1. The fourth-order valence-corrected chi connectivity index (χ4v) is 3.70. The molecule has 0 aliphatic rings. The van der Waals surface area contributed by atoms with Crippen molar-refractivity contribution in [3.8, 4) is 11.5 Å². The van der Waals surface area contributed by atoms with Crippen LogP contribution in [-0.4, -0.2) is 13.0 Å². The fourth-order valence-electron chi connectivity index (χ4n) is 2.91. The van der Waals surface area contributed by atoms with Gasteiger partial charge in [-0.25, -0.2) is 0 Å². The molecule has 0 fully saturated rings. The number of anilines is 2. The third-order valence-electron chi connectivity index (χ3n) is 4.41. The minimum absolute atomic E-state index is 0.110. The van der Waals surface area contributed by atoms with Gasteiger partial charge in [-0.2, -0.15) is 0 Å². The number of benzene rings is 3. The summed E-state index contributed by atoms with van der Waals surface area (Å²) in [6.07, 6.45) is 0. The predicted molar refractivity (Wildman–Crippen MR) is 127 cm³/mol. The molecule has 0 unspecified atom stereocenters. The van der Waals surface area contributed by atoms with Crippen molar-refractivity contribution in [3.63, 3.8) is 0 Å².